The van der Waals surface area contributed by atoms with Crippen LogP contribution >= 0.6 is 15.9 Å². The highest BCUT2D eigenvalue weighted by atomic mass is 79.9. The van der Waals surface area contributed by atoms with Crippen molar-refractivity contribution in [1.82, 2.24) is 4.72 Å². The Morgan fingerprint density at radius 3 is 2.41 bits per heavy atom. The molecule has 0 amide bonds. The van der Waals surface area contributed by atoms with Crippen molar-refractivity contribution in [2.75, 3.05) is 0 Å². The summed E-state index contributed by atoms with van der Waals surface area (Å²) in [6.45, 7) is 10.0. The zero-order chi connectivity index (χ0) is 13.2. The van der Waals surface area contributed by atoms with Crippen LogP contribution in [0.25, 0.3) is 0 Å². The predicted octanol–water partition coefficient (Wildman–Crippen LogP) is 3.87. The van der Waals surface area contributed by atoms with Crippen LogP contribution in [0.5, 0.6) is 0 Å². The third-order valence-electron chi connectivity index (χ3n) is 2.54. The largest absolute Gasteiger partial charge is 0.242 e. The molecule has 0 aliphatic rings. The van der Waals surface area contributed by atoms with E-state index < -0.39 is 11.0 Å². The number of hydrogen-bond donors (Lipinski definition) is 1. The molecule has 1 aromatic rings. The molecule has 1 rings (SSSR count). The maximum atomic E-state index is 12.0. The summed E-state index contributed by atoms with van der Waals surface area (Å²) < 4.78 is 16.0. The van der Waals surface area contributed by atoms with Crippen LogP contribution in [0.1, 0.15) is 44.9 Å². The third-order valence-corrected chi connectivity index (χ3v) is 4.71. The summed E-state index contributed by atoms with van der Waals surface area (Å²) in [5.74, 6) is 0. The van der Waals surface area contributed by atoms with Crippen LogP contribution < -0.4 is 4.72 Å². The molecular weight excluding hydrogens is 298 g/mol. The Morgan fingerprint density at radius 1 is 1.35 bits per heavy atom. The average Bonchev–Trinajstić information content (AvgIpc) is 2.15. The summed E-state index contributed by atoms with van der Waals surface area (Å²) in [6, 6.07) is 6.24. The van der Waals surface area contributed by atoms with Crippen LogP contribution in [0.2, 0.25) is 0 Å². The minimum absolute atomic E-state index is 0.0863. The lowest BCUT2D eigenvalue weighted by atomic mass is 10.0. The van der Waals surface area contributed by atoms with Crippen molar-refractivity contribution in [3.05, 3.63) is 33.8 Å². The van der Waals surface area contributed by atoms with Gasteiger partial charge in [0.05, 0.1) is 15.7 Å². The molecule has 0 spiro atoms. The molecule has 0 aromatic heterocycles. The van der Waals surface area contributed by atoms with Crippen molar-refractivity contribution in [2.45, 2.75) is 45.4 Å². The first kappa shape index (κ1) is 14.9. The van der Waals surface area contributed by atoms with Gasteiger partial charge in [-0.1, -0.05) is 22.0 Å². The number of rotatable bonds is 3. The van der Waals surface area contributed by atoms with Gasteiger partial charge in [0.15, 0.2) is 0 Å². The molecule has 2 nitrogen and oxygen atoms in total. The number of benzene rings is 1. The normalized spacial score (nSPS) is 15.6. The zero-order valence-corrected chi connectivity index (χ0v) is 13.4. The molecule has 0 heterocycles. The van der Waals surface area contributed by atoms with E-state index in [0.717, 1.165) is 4.47 Å². The fourth-order valence-corrected chi connectivity index (χ4v) is 2.80. The molecule has 17 heavy (non-hydrogen) atoms. The Bertz CT molecular complexity index is 426. The number of nitrogens with one attached hydrogen (secondary N) is 1. The molecule has 4 heteroatoms. The molecule has 1 N–H and O–H groups in total. The van der Waals surface area contributed by atoms with Gasteiger partial charge >= 0.3 is 0 Å². The molecule has 1 unspecified atom stereocenters. The summed E-state index contributed by atoms with van der Waals surface area (Å²) in [5, 5.41) is 0. The monoisotopic (exact) mass is 317 g/mol. The second-order valence-electron chi connectivity index (χ2n) is 5.22. The molecule has 0 bridgehead atoms. The number of aryl methyl sites for hydroxylation is 1. The van der Waals surface area contributed by atoms with E-state index in [1.165, 1.54) is 11.1 Å². The summed E-state index contributed by atoms with van der Waals surface area (Å²) in [6.07, 6.45) is 0. The summed E-state index contributed by atoms with van der Waals surface area (Å²) in [7, 11) is -1.04. The molecule has 0 saturated carbocycles. The van der Waals surface area contributed by atoms with Crippen molar-refractivity contribution >= 4 is 26.9 Å². The highest BCUT2D eigenvalue weighted by Gasteiger charge is 2.22. The number of hydrogen-bond acceptors (Lipinski definition) is 1. The van der Waals surface area contributed by atoms with Crippen LogP contribution in [-0.2, 0) is 11.0 Å². The van der Waals surface area contributed by atoms with Crippen molar-refractivity contribution < 1.29 is 4.21 Å². The highest BCUT2D eigenvalue weighted by molar-refractivity contribution is 9.10. The van der Waals surface area contributed by atoms with Gasteiger partial charge in [0.1, 0.15) is 0 Å². The zero-order valence-electron chi connectivity index (χ0n) is 11.0. The lowest BCUT2D eigenvalue weighted by Crippen LogP contribution is -2.35. The fraction of sp³-hybridized carbons (Fsp3) is 0.538. The van der Waals surface area contributed by atoms with Gasteiger partial charge in [-0.05, 0) is 57.9 Å². The minimum atomic E-state index is -1.04. The molecule has 0 saturated heterocycles. The van der Waals surface area contributed by atoms with Crippen molar-refractivity contribution in [1.29, 1.82) is 0 Å². The second-order valence-corrected chi connectivity index (χ2v) is 8.14. The minimum Gasteiger partial charge on any atom is -0.242 e. The number of halogens is 1. The molecule has 0 radical (unpaired) electrons. The molecule has 0 aliphatic heterocycles. The maximum absolute atomic E-state index is 12.0. The van der Waals surface area contributed by atoms with Gasteiger partial charge < -0.3 is 0 Å². The first-order chi connectivity index (χ1) is 7.71. The average molecular weight is 318 g/mol. The predicted molar refractivity (Wildman–Crippen MR) is 78.3 cm³/mol. The van der Waals surface area contributed by atoms with Crippen LogP contribution in [0, 0.1) is 6.92 Å². The van der Waals surface area contributed by atoms with Crippen molar-refractivity contribution in [2.24, 2.45) is 0 Å². The van der Waals surface area contributed by atoms with Gasteiger partial charge in [0.25, 0.3) is 0 Å². The Kier molecular flexibility index (Phi) is 4.93. The molecule has 1 aromatic carbocycles. The lowest BCUT2D eigenvalue weighted by molar-refractivity contribution is 0.615. The Hall–Kier alpha value is -0.190. The molecule has 96 valence electrons. The van der Waals surface area contributed by atoms with Gasteiger partial charge in [0, 0.05) is 10.5 Å². The van der Waals surface area contributed by atoms with Crippen LogP contribution in [-0.4, -0.2) is 8.96 Å². The van der Waals surface area contributed by atoms with E-state index in [4.69, 9.17) is 0 Å². The van der Waals surface area contributed by atoms with Gasteiger partial charge in [-0.25, -0.2) is 8.93 Å². The van der Waals surface area contributed by atoms with Gasteiger partial charge in [-0.3, -0.25) is 0 Å². The molecule has 2 atom stereocenters. The highest BCUT2D eigenvalue weighted by Crippen LogP contribution is 2.23. The van der Waals surface area contributed by atoms with Gasteiger partial charge in [0.2, 0.25) is 0 Å². The van der Waals surface area contributed by atoms with Gasteiger partial charge in [-0.15, -0.1) is 0 Å². The first-order valence-corrected chi connectivity index (χ1v) is 7.60. The van der Waals surface area contributed by atoms with E-state index in [9.17, 15) is 4.21 Å². The van der Waals surface area contributed by atoms with Gasteiger partial charge in [-0.2, -0.15) is 0 Å². The Labute approximate surface area is 115 Å². The van der Waals surface area contributed by atoms with E-state index in [2.05, 4.69) is 39.7 Å². The van der Waals surface area contributed by atoms with Crippen LogP contribution in [0.15, 0.2) is 22.7 Å². The first-order valence-electron chi connectivity index (χ1n) is 5.66. The standard InChI is InChI=1S/C13H20BrNOS/c1-9-8-11(14)6-7-12(9)10(2)15-17(16)13(3,4)5/h6-8,10,15H,1-5H3/t10?,17-/m1/s1. The quantitative estimate of drug-likeness (QED) is 0.900. The maximum Gasteiger partial charge on any atom is 0.0975 e. The molecule has 0 fully saturated rings. The van der Waals surface area contributed by atoms with E-state index in [0.29, 0.717) is 0 Å². The summed E-state index contributed by atoms with van der Waals surface area (Å²) in [4.78, 5) is 0. The van der Waals surface area contributed by atoms with E-state index in [-0.39, 0.29) is 10.8 Å². The summed E-state index contributed by atoms with van der Waals surface area (Å²) in [5.41, 5.74) is 2.39. The lowest BCUT2D eigenvalue weighted by Gasteiger charge is -2.23. The Balaban J connectivity index is 2.84. The fourth-order valence-electron chi connectivity index (χ4n) is 1.53. The van der Waals surface area contributed by atoms with E-state index in [1.807, 2.05) is 33.8 Å². The van der Waals surface area contributed by atoms with Crippen molar-refractivity contribution in [3.8, 4) is 0 Å². The molecular formula is C13H20BrNOS. The van der Waals surface area contributed by atoms with Crippen LogP contribution in [0.3, 0.4) is 0 Å². The Morgan fingerprint density at radius 2 is 1.94 bits per heavy atom. The van der Waals surface area contributed by atoms with Crippen molar-refractivity contribution in [3.63, 3.8) is 0 Å². The van der Waals surface area contributed by atoms with E-state index >= 15 is 0 Å². The molecule has 0 aliphatic carbocycles. The smallest absolute Gasteiger partial charge is 0.0975 e. The SMILES string of the molecule is Cc1cc(Br)ccc1C(C)N[S@](=O)C(C)(C)C. The third kappa shape index (κ3) is 4.19. The van der Waals surface area contributed by atoms with Crippen LogP contribution in [0.4, 0.5) is 0 Å². The summed E-state index contributed by atoms with van der Waals surface area (Å²) >= 11 is 3.45. The second kappa shape index (κ2) is 5.63. The van der Waals surface area contributed by atoms with E-state index in [1.54, 1.807) is 0 Å². The topological polar surface area (TPSA) is 29.1 Å².